The first kappa shape index (κ1) is 14.1. The summed E-state index contributed by atoms with van der Waals surface area (Å²) in [6.07, 6.45) is 2.42. The maximum Gasteiger partial charge on any atom is 0.193 e. The molecule has 0 aliphatic heterocycles. The number of nitrogens with zero attached hydrogens (tertiary/aromatic N) is 1. The summed E-state index contributed by atoms with van der Waals surface area (Å²) in [4.78, 5) is 15.3. The molecule has 1 rings (SSSR count). The van der Waals surface area contributed by atoms with E-state index in [1.54, 1.807) is 6.20 Å². The van der Waals surface area contributed by atoms with E-state index in [4.69, 9.17) is 11.6 Å². The fourth-order valence-corrected chi connectivity index (χ4v) is 1.63. The van der Waals surface area contributed by atoms with Gasteiger partial charge < -0.3 is 0 Å². The molecule has 0 N–H and O–H groups in total. The molecular weight excluding hydrogens is 333 g/mol. The van der Waals surface area contributed by atoms with E-state index in [0.717, 1.165) is 12.0 Å². The lowest BCUT2D eigenvalue weighted by Crippen LogP contribution is -2.05. The Morgan fingerprint density at radius 2 is 2.29 bits per heavy atom. The Bertz CT molecular complexity index is 331. The smallest absolute Gasteiger partial charge is 0.193 e. The number of carbonyl (C=O) groups is 1. The molecular formula is C9H10Br2ClNO. The fourth-order valence-electron chi connectivity index (χ4n) is 1.01. The molecule has 0 aliphatic rings. The van der Waals surface area contributed by atoms with Crippen LogP contribution in [0.3, 0.4) is 0 Å². The number of Topliss-reactive ketones (excluding diaryl/α,β-unsaturated/α-hetero) is 1. The lowest BCUT2D eigenvalue weighted by atomic mass is 10.1. The molecule has 0 saturated carbocycles. The van der Waals surface area contributed by atoms with Gasteiger partial charge in [0.05, 0.1) is 10.4 Å². The Hall–Kier alpha value is 0.0700. The van der Waals surface area contributed by atoms with E-state index >= 15 is 0 Å². The molecule has 0 aliphatic carbocycles. The Kier molecular flexibility index (Phi) is 6.57. The third kappa shape index (κ3) is 3.04. The van der Waals surface area contributed by atoms with Crippen molar-refractivity contribution in [3.05, 3.63) is 28.5 Å². The second-order valence-corrected chi connectivity index (χ2v) is 3.48. The normalized spacial score (nSPS) is 9.36. The van der Waals surface area contributed by atoms with Gasteiger partial charge in [0, 0.05) is 6.20 Å². The molecule has 0 radical (unpaired) electrons. The fraction of sp³-hybridized carbons (Fsp3) is 0.333. The minimum atomic E-state index is -0.0831. The molecule has 1 aromatic heterocycles. The van der Waals surface area contributed by atoms with Gasteiger partial charge in [-0.3, -0.25) is 9.78 Å². The van der Waals surface area contributed by atoms with Gasteiger partial charge in [-0.1, -0.05) is 34.5 Å². The molecule has 0 saturated heterocycles. The highest BCUT2D eigenvalue weighted by Crippen LogP contribution is 2.20. The molecule has 5 heteroatoms. The zero-order chi connectivity index (χ0) is 9.84. The summed E-state index contributed by atoms with van der Waals surface area (Å²) >= 11 is 9.06. The maximum absolute atomic E-state index is 11.3. The summed E-state index contributed by atoms with van der Waals surface area (Å²) in [5.41, 5.74) is 1.32. The molecule has 1 heterocycles. The van der Waals surface area contributed by atoms with Crippen molar-refractivity contribution in [3.8, 4) is 0 Å². The highest BCUT2D eigenvalue weighted by molar-refractivity contribution is 9.09. The predicted octanol–water partition coefficient (Wildman–Crippen LogP) is 3.45. The third-order valence-electron chi connectivity index (χ3n) is 1.74. The molecule has 14 heavy (non-hydrogen) atoms. The lowest BCUT2D eigenvalue weighted by molar-refractivity contribution is 0.101. The maximum atomic E-state index is 11.3. The average Bonchev–Trinajstić information content (AvgIpc) is 2.17. The minimum absolute atomic E-state index is 0. The Labute approximate surface area is 107 Å². The molecule has 1 aromatic rings. The number of halogens is 3. The highest BCUT2D eigenvalue weighted by Gasteiger charge is 2.12. The number of aromatic nitrogens is 1. The van der Waals surface area contributed by atoms with Gasteiger partial charge in [-0.2, -0.15) is 0 Å². The van der Waals surface area contributed by atoms with Crippen LogP contribution in [0.1, 0.15) is 23.0 Å². The number of aryl methyl sites for hydroxylation is 1. The van der Waals surface area contributed by atoms with E-state index in [2.05, 4.69) is 20.9 Å². The van der Waals surface area contributed by atoms with Gasteiger partial charge in [-0.25, -0.2) is 0 Å². The van der Waals surface area contributed by atoms with E-state index < -0.39 is 0 Å². The van der Waals surface area contributed by atoms with Crippen molar-refractivity contribution in [1.82, 2.24) is 4.98 Å². The van der Waals surface area contributed by atoms with Crippen LogP contribution in [-0.4, -0.2) is 16.1 Å². The van der Waals surface area contributed by atoms with Crippen molar-refractivity contribution in [2.75, 3.05) is 5.33 Å². The molecule has 0 spiro atoms. The van der Waals surface area contributed by atoms with Crippen LogP contribution in [0.25, 0.3) is 0 Å². The summed E-state index contributed by atoms with van der Waals surface area (Å²) in [6, 6.07) is 1.83. The summed E-state index contributed by atoms with van der Waals surface area (Å²) < 4.78 is 0. The molecule has 0 fully saturated rings. The predicted molar refractivity (Wildman–Crippen MR) is 67.1 cm³/mol. The SMILES string of the molecule is Br.CCc1ccnc(C(=O)CBr)c1Cl. The molecule has 0 amide bonds. The van der Waals surface area contributed by atoms with Crippen molar-refractivity contribution in [2.45, 2.75) is 13.3 Å². The largest absolute Gasteiger partial charge is 0.291 e. The second-order valence-electron chi connectivity index (χ2n) is 2.54. The van der Waals surface area contributed by atoms with Crippen LogP contribution < -0.4 is 0 Å². The van der Waals surface area contributed by atoms with Gasteiger partial charge in [0.25, 0.3) is 0 Å². The Morgan fingerprint density at radius 3 is 2.79 bits per heavy atom. The van der Waals surface area contributed by atoms with Crippen LogP contribution in [0, 0.1) is 0 Å². The number of ketones is 1. The lowest BCUT2D eigenvalue weighted by Gasteiger charge is -2.03. The summed E-state index contributed by atoms with van der Waals surface area (Å²) in [7, 11) is 0. The zero-order valence-electron chi connectivity index (χ0n) is 7.59. The first-order valence-corrected chi connectivity index (χ1v) is 5.43. The molecule has 0 atom stereocenters. The summed E-state index contributed by atoms with van der Waals surface area (Å²) in [5, 5.41) is 0.738. The number of carbonyl (C=O) groups excluding carboxylic acids is 1. The van der Waals surface area contributed by atoms with E-state index in [0.29, 0.717) is 10.7 Å². The second kappa shape index (κ2) is 6.53. The van der Waals surface area contributed by atoms with Crippen LogP contribution in [0.4, 0.5) is 0 Å². The zero-order valence-corrected chi connectivity index (χ0v) is 11.6. The first-order chi connectivity index (χ1) is 6.20. The van der Waals surface area contributed by atoms with Crippen molar-refractivity contribution in [1.29, 1.82) is 0 Å². The van der Waals surface area contributed by atoms with E-state index in [1.165, 1.54) is 0 Å². The molecule has 0 bridgehead atoms. The Balaban J connectivity index is 0.00000169. The number of rotatable bonds is 3. The Morgan fingerprint density at radius 1 is 1.64 bits per heavy atom. The van der Waals surface area contributed by atoms with Crippen molar-refractivity contribution >= 4 is 50.3 Å². The number of alkyl halides is 1. The van der Waals surface area contributed by atoms with E-state index in [-0.39, 0.29) is 28.1 Å². The van der Waals surface area contributed by atoms with Gasteiger partial charge >= 0.3 is 0 Å². The van der Waals surface area contributed by atoms with E-state index in [9.17, 15) is 4.79 Å². The number of hydrogen-bond donors (Lipinski definition) is 0. The first-order valence-electron chi connectivity index (χ1n) is 3.93. The summed E-state index contributed by atoms with van der Waals surface area (Å²) in [6.45, 7) is 1.99. The van der Waals surface area contributed by atoms with Crippen molar-refractivity contribution in [3.63, 3.8) is 0 Å². The molecule has 0 aromatic carbocycles. The summed E-state index contributed by atoms with van der Waals surface area (Å²) in [5.74, 6) is -0.0831. The average molecular weight is 343 g/mol. The van der Waals surface area contributed by atoms with Gasteiger partial charge in [0.1, 0.15) is 5.69 Å². The van der Waals surface area contributed by atoms with Crippen molar-refractivity contribution < 1.29 is 4.79 Å². The van der Waals surface area contributed by atoms with Crippen molar-refractivity contribution in [2.24, 2.45) is 0 Å². The molecule has 2 nitrogen and oxygen atoms in total. The van der Waals surface area contributed by atoms with E-state index in [1.807, 2.05) is 13.0 Å². The monoisotopic (exact) mass is 341 g/mol. The van der Waals surface area contributed by atoms with Gasteiger partial charge in [-0.15, -0.1) is 17.0 Å². The van der Waals surface area contributed by atoms with Gasteiger partial charge in [0.2, 0.25) is 0 Å². The van der Waals surface area contributed by atoms with Crippen LogP contribution in [0.15, 0.2) is 12.3 Å². The van der Waals surface area contributed by atoms with Crippen LogP contribution in [-0.2, 0) is 6.42 Å². The van der Waals surface area contributed by atoms with Crippen LogP contribution in [0.5, 0.6) is 0 Å². The van der Waals surface area contributed by atoms with Crippen LogP contribution >= 0.6 is 44.5 Å². The molecule has 0 unspecified atom stereocenters. The highest BCUT2D eigenvalue weighted by atomic mass is 79.9. The standard InChI is InChI=1S/C9H9BrClNO.BrH/c1-2-6-3-4-12-9(8(6)11)7(13)5-10;/h3-4H,2,5H2,1H3;1H. The van der Waals surface area contributed by atoms with Gasteiger partial charge in [0.15, 0.2) is 5.78 Å². The van der Waals surface area contributed by atoms with Gasteiger partial charge in [-0.05, 0) is 18.1 Å². The third-order valence-corrected chi connectivity index (χ3v) is 2.67. The minimum Gasteiger partial charge on any atom is -0.291 e. The number of hydrogen-bond acceptors (Lipinski definition) is 2. The topological polar surface area (TPSA) is 30.0 Å². The quantitative estimate of drug-likeness (QED) is 0.621. The van der Waals surface area contributed by atoms with Crippen LogP contribution in [0.2, 0.25) is 5.02 Å². The number of pyridine rings is 1. The molecule has 78 valence electrons.